The fourth-order valence-corrected chi connectivity index (χ4v) is 2.67. The quantitative estimate of drug-likeness (QED) is 0.537. The van der Waals surface area contributed by atoms with Gasteiger partial charge >= 0.3 is 11.9 Å². The summed E-state index contributed by atoms with van der Waals surface area (Å²) in [5.41, 5.74) is -0.101. The van der Waals surface area contributed by atoms with E-state index in [-0.39, 0.29) is 6.42 Å². The Hall–Kier alpha value is -1.92. The molecular formula is C18H26O6. The van der Waals surface area contributed by atoms with E-state index in [0.29, 0.717) is 45.5 Å². The lowest BCUT2D eigenvalue weighted by Crippen LogP contribution is -2.35. The van der Waals surface area contributed by atoms with Gasteiger partial charge in [0.25, 0.3) is 0 Å². The summed E-state index contributed by atoms with van der Waals surface area (Å²) in [5.74, 6) is -1.82. The van der Waals surface area contributed by atoms with Crippen molar-refractivity contribution < 1.29 is 29.3 Å². The molecule has 1 aromatic rings. The SMILES string of the molecule is COCCOCCC(CCCC(=O)O)(Cc1ccccc1)C(=O)O. The normalized spacial score (nSPS) is 13.4. The Morgan fingerprint density at radius 2 is 1.75 bits per heavy atom. The molecule has 134 valence electrons. The van der Waals surface area contributed by atoms with Gasteiger partial charge in [0.1, 0.15) is 0 Å². The fourth-order valence-electron chi connectivity index (χ4n) is 2.67. The molecule has 0 fully saturated rings. The van der Waals surface area contributed by atoms with Crippen molar-refractivity contribution >= 4 is 11.9 Å². The van der Waals surface area contributed by atoms with Crippen LogP contribution in [0.5, 0.6) is 0 Å². The highest BCUT2D eigenvalue weighted by molar-refractivity contribution is 5.75. The average Bonchev–Trinajstić information content (AvgIpc) is 2.54. The molecule has 24 heavy (non-hydrogen) atoms. The van der Waals surface area contributed by atoms with E-state index in [2.05, 4.69) is 0 Å². The number of carboxylic acids is 2. The van der Waals surface area contributed by atoms with Crippen LogP contribution in [0, 0.1) is 5.41 Å². The summed E-state index contributed by atoms with van der Waals surface area (Å²) in [6, 6.07) is 9.40. The Balaban J connectivity index is 2.79. The minimum absolute atomic E-state index is 0.0334. The van der Waals surface area contributed by atoms with Crippen molar-refractivity contribution in [3.05, 3.63) is 35.9 Å². The van der Waals surface area contributed by atoms with E-state index in [4.69, 9.17) is 14.6 Å². The largest absolute Gasteiger partial charge is 0.481 e. The van der Waals surface area contributed by atoms with Crippen LogP contribution in [0.2, 0.25) is 0 Å². The molecule has 0 aromatic heterocycles. The van der Waals surface area contributed by atoms with Gasteiger partial charge < -0.3 is 19.7 Å². The molecule has 1 unspecified atom stereocenters. The second kappa shape index (κ2) is 10.8. The van der Waals surface area contributed by atoms with E-state index in [1.54, 1.807) is 7.11 Å². The Morgan fingerprint density at radius 3 is 2.33 bits per heavy atom. The summed E-state index contributed by atoms with van der Waals surface area (Å²) in [4.78, 5) is 22.8. The van der Waals surface area contributed by atoms with Gasteiger partial charge in [0.2, 0.25) is 0 Å². The van der Waals surface area contributed by atoms with E-state index < -0.39 is 17.4 Å². The minimum Gasteiger partial charge on any atom is -0.481 e. The van der Waals surface area contributed by atoms with E-state index in [0.717, 1.165) is 5.56 Å². The average molecular weight is 338 g/mol. The van der Waals surface area contributed by atoms with Gasteiger partial charge in [-0.25, -0.2) is 0 Å². The Labute approximate surface area is 142 Å². The van der Waals surface area contributed by atoms with Crippen LogP contribution < -0.4 is 0 Å². The zero-order valence-electron chi connectivity index (χ0n) is 14.1. The zero-order valence-corrected chi connectivity index (χ0v) is 14.1. The van der Waals surface area contributed by atoms with Crippen LogP contribution in [0.1, 0.15) is 31.2 Å². The molecule has 6 heteroatoms. The number of carbonyl (C=O) groups is 2. The number of rotatable bonds is 13. The Morgan fingerprint density at radius 1 is 1.04 bits per heavy atom. The number of hydrogen-bond donors (Lipinski definition) is 2. The Kier molecular flexibility index (Phi) is 9.04. The maximum atomic E-state index is 12.0. The first-order chi connectivity index (χ1) is 11.5. The highest BCUT2D eigenvalue weighted by Crippen LogP contribution is 2.34. The molecule has 0 amide bonds. The van der Waals surface area contributed by atoms with Crippen molar-refractivity contribution in [2.24, 2.45) is 5.41 Å². The highest BCUT2D eigenvalue weighted by Gasteiger charge is 2.38. The predicted octanol–water partition coefficient (Wildman–Crippen LogP) is 2.61. The van der Waals surface area contributed by atoms with E-state index in [9.17, 15) is 14.7 Å². The van der Waals surface area contributed by atoms with Crippen molar-refractivity contribution in [2.45, 2.75) is 32.1 Å². The first-order valence-corrected chi connectivity index (χ1v) is 8.06. The number of methoxy groups -OCH3 is 1. The highest BCUT2D eigenvalue weighted by atomic mass is 16.5. The third kappa shape index (κ3) is 7.10. The van der Waals surface area contributed by atoms with Crippen LogP contribution in [-0.4, -0.2) is 49.1 Å². The molecule has 0 aliphatic heterocycles. The van der Waals surface area contributed by atoms with Crippen molar-refractivity contribution in [1.82, 2.24) is 0 Å². The van der Waals surface area contributed by atoms with Crippen LogP contribution in [0.25, 0.3) is 0 Å². The summed E-state index contributed by atoms with van der Waals surface area (Å²) in [7, 11) is 1.58. The molecule has 1 rings (SSSR count). The van der Waals surface area contributed by atoms with Crippen LogP contribution in [0.4, 0.5) is 0 Å². The van der Waals surface area contributed by atoms with Gasteiger partial charge in [-0.2, -0.15) is 0 Å². The molecule has 0 saturated carbocycles. The van der Waals surface area contributed by atoms with E-state index >= 15 is 0 Å². The number of benzene rings is 1. The van der Waals surface area contributed by atoms with Crippen molar-refractivity contribution in [1.29, 1.82) is 0 Å². The number of ether oxygens (including phenoxy) is 2. The molecule has 0 spiro atoms. The third-order valence-electron chi connectivity index (χ3n) is 4.04. The minimum atomic E-state index is -1.02. The molecule has 0 heterocycles. The molecule has 6 nitrogen and oxygen atoms in total. The second-order valence-electron chi connectivity index (χ2n) is 5.85. The summed E-state index contributed by atoms with van der Waals surface area (Å²) in [6.07, 6.45) is 1.29. The summed E-state index contributed by atoms with van der Waals surface area (Å²) < 4.78 is 10.3. The van der Waals surface area contributed by atoms with Gasteiger partial charge in [-0.3, -0.25) is 9.59 Å². The lowest BCUT2D eigenvalue weighted by Gasteiger charge is -2.29. The summed E-state index contributed by atoms with van der Waals surface area (Å²) >= 11 is 0. The molecule has 0 radical (unpaired) electrons. The first kappa shape index (κ1) is 20.1. The molecule has 0 bridgehead atoms. The number of hydrogen-bond acceptors (Lipinski definition) is 4. The van der Waals surface area contributed by atoms with Crippen LogP contribution >= 0.6 is 0 Å². The van der Waals surface area contributed by atoms with E-state index in [1.807, 2.05) is 30.3 Å². The van der Waals surface area contributed by atoms with E-state index in [1.165, 1.54) is 0 Å². The molecule has 1 aromatic carbocycles. The fraction of sp³-hybridized carbons (Fsp3) is 0.556. The molecule has 2 N–H and O–H groups in total. The smallest absolute Gasteiger partial charge is 0.310 e. The van der Waals surface area contributed by atoms with Gasteiger partial charge in [0, 0.05) is 20.1 Å². The predicted molar refractivity (Wildman–Crippen MR) is 89.0 cm³/mol. The van der Waals surface area contributed by atoms with Gasteiger partial charge in [0.05, 0.1) is 18.6 Å². The molecule has 0 aliphatic carbocycles. The van der Waals surface area contributed by atoms with Crippen molar-refractivity contribution in [2.75, 3.05) is 26.9 Å². The lowest BCUT2D eigenvalue weighted by molar-refractivity contribution is -0.151. The Bertz CT molecular complexity index is 501. The standard InChI is InChI=1S/C18H26O6/c1-23-12-13-24-11-10-18(17(21)22,9-5-8-16(19)20)14-15-6-3-2-4-7-15/h2-4,6-7H,5,8-14H2,1H3,(H,19,20)(H,21,22). The van der Waals surface area contributed by atoms with Crippen molar-refractivity contribution in [3.8, 4) is 0 Å². The van der Waals surface area contributed by atoms with Crippen LogP contribution in [-0.2, 0) is 25.5 Å². The summed E-state index contributed by atoms with van der Waals surface area (Å²) in [5, 5.41) is 18.7. The molecule has 0 aliphatic rings. The van der Waals surface area contributed by atoms with Gasteiger partial charge in [-0.15, -0.1) is 0 Å². The van der Waals surface area contributed by atoms with Gasteiger partial charge in [-0.1, -0.05) is 30.3 Å². The van der Waals surface area contributed by atoms with Gasteiger partial charge in [-0.05, 0) is 31.2 Å². The number of carboxylic acid groups (broad SMARTS) is 2. The topological polar surface area (TPSA) is 93.1 Å². The maximum Gasteiger partial charge on any atom is 0.310 e. The number of aliphatic carboxylic acids is 2. The third-order valence-corrected chi connectivity index (χ3v) is 4.04. The van der Waals surface area contributed by atoms with Gasteiger partial charge in [0.15, 0.2) is 0 Å². The zero-order chi connectivity index (χ0) is 17.8. The molecule has 0 saturated heterocycles. The van der Waals surface area contributed by atoms with Crippen molar-refractivity contribution in [3.63, 3.8) is 0 Å². The lowest BCUT2D eigenvalue weighted by atomic mass is 9.75. The second-order valence-corrected chi connectivity index (χ2v) is 5.85. The first-order valence-electron chi connectivity index (χ1n) is 8.06. The molecular weight excluding hydrogens is 312 g/mol. The van der Waals surface area contributed by atoms with Crippen LogP contribution in [0.3, 0.4) is 0 Å². The monoisotopic (exact) mass is 338 g/mol. The summed E-state index contributed by atoms with van der Waals surface area (Å²) in [6.45, 7) is 1.17. The molecule has 1 atom stereocenters. The maximum absolute atomic E-state index is 12.0. The van der Waals surface area contributed by atoms with Crippen LogP contribution in [0.15, 0.2) is 30.3 Å².